The molecule has 0 aliphatic heterocycles. The third kappa shape index (κ3) is 2.98. The molecule has 5 nitrogen and oxygen atoms in total. The molecule has 4 saturated carbocycles. The fraction of sp³-hybridized carbons (Fsp3) is 0.857. The van der Waals surface area contributed by atoms with Crippen LogP contribution < -0.4 is 0 Å². The largest absolute Gasteiger partial charge is 0.444 e. The third-order valence-electron chi connectivity index (χ3n) is 5.49. The van der Waals surface area contributed by atoms with Crippen LogP contribution in [0.3, 0.4) is 0 Å². The first-order valence-electron chi connectivity index (χ1n) is 7.67. The Morgan fingerprint density at radius 3 is 2.12 bits per heavy atom. The number of carbonyl (C=O) groups is 2. The van der Waals surface area contributed by atoms with Crippen LogP contribution in [-0.4, -0.2) is 38.0 Å². The molecule has 25 heavy (non-hydrogen) atoms. The van der Waals surface area contributed by atoms with Crippen molar-refractivity contribution < 1.29 is 45.0 Å². The second-order valence-electron chi connectivity index (χ2n) is 7.16. The molecule has 0 heterocycles. The second-order valence-corrected chi connectivity index (χ2v) is 8.21. The third-order valence-corrected chi connectivity index (χ3v) is 6.17. The topological polar surface area (TPSA) is 80.7 Å². The molecule has 0 aromatic heterocycles. The van der Waals surface area contributed by atoms with Gasteiger partial charge in [-0.05, 0) is 38.0 Å². The molecular weight excluding hydrogens is 375 g/mol. The van der Waals surface area contributed by atoms with Gasteiger partial charge in [0.15, 0.2) is 0 Å². The van der Waals surface area contributed by atoms with Crippen LogP contribution in [0.2, 0.25) is 0 Å². The number of halogens is 5. The summed E-state index contributed by atoms with van der Waals surface area (Å²) in [6.07, 6.45) is -8.48. The summed E-state index contributed by atoms with van der Waals surface area (Å²) in [5.41, 5.74) is -1.40. The molecule has 0 radical (unpaired) electrons. The van der Waals surface area contributed by atoms with Crippen molar-refractivity contribution in [3.63, 3.8) is 0 Å². The van der Waals surface area contributed by atoms with Crippen LogP contribution in [0, 0.1) is 23.2 Å². The summed E-state index contributed by atoms with van der Waals surface area (Å²) < 4.78 is 88.9. The van der Waals surface area contributed by atoms with Crippen molar-refractivity contribution in [2.45, 2.75) is 49.6 Å². The van der Waals surface area contributed by atoms with E-state index >= 15 is 0 Å². The smallest absolute Gasteiger partial charge is 0.432 e. The van der Waals surface area contributed by atoms with E-state index in [9.17, 15) is 35.8 Å². The highest BCUT2D eigenvalue weighted by atomic mass is 32.2. The monoisotopic (exact) mass is 390 g/mol. The Morgan fingerprint density at radius 2 is 1.68 bits per heavy atom. The lowest BCUT2D eigenvalue weighted by atomic mass is 9.49. The standard InChI is InChI=1S/C14H15F5O5S/c15-13(16,17)10(14(18,19)25(22)23)24-11(21)12-3-6-1-7(4-12)9(20)8(2-6)5-12/h6-8,10H,1-5H2,(H,22,23). The van der Waals surface area contributed by atoms with Crippen LogP contribution in [0.1, 0.15) is 32.1 Å². The summed E-state index contributed by atoms with van der Waals surface area (Å²) >= 11 is -4.17. The Morgan fingerprint density at radius 1 is 1.16 bits per heavy atom. The minimum Gasteiger partial charge on any atom is -0.444 e. The van der Waals surface area contributed by atoms with E-state index in [4.69, 9.17) is 4.55 Å². The number of carbonyl (C=O) groups excluding carboxylic acids is 2. The molecule has 0 spiro atoms. The van der Waals surface area contributed by atoms with E-state index in [-0.39, 0.29) is 31.0 Å². The lowest BCUT2D eigenvalue weighted by Gasteiger charge is -2.54. The lowest BCUT2D eigenvalue weighted by Crippen LogP contribution is -2.57. The van der Waals surface area contributed by atoms with E-state index < -0.39 is 51.8 Å². The van der Waals surface area contributed by atoms with Crippen molar-refractivity contribution in [1.82, 2.24) is 0 Å². The summed E-state index contributed by atoms with van der Waals surface area (Å²) in [6, 6.07) is 0. The number of esters is 1. The Balaban J connectivity index is 1.85. The van der Waals surface area contributed by atoms with Gasteiger partial charge in [-0.1, -0.05) is 0 Å². The normalized spacial score (nSPS) is 37.0. The average Bonchev–Trinajstić information content (AvgIpc) is 2.47. The molecule has 1 N–H and O–H groups in total. The van der Waals surface area contributed by atoms with Gasteiger partial charge in [-0.3, -0.25) is 9.59 Å². The van der Waals surface area contributed by atoms with Crippen molar-refractivity contribution >= 4 is 22.8 Å². The number of ether oxygens (including phenoxy) is 1. The molecule has 4 aliphatic carbocycles. The molecular formula is C14H15F5O5S. The van der Waals surface area contributed by atoms with Gasteiger partial charge in [0.05, 0.1) is 5.41 Å². The molecule has 0 aromatic rings. The van der Waals surface area contributed by atoms with Gasteiger partial charge in [0.2, 0.25) is 11.1 Å². The van der Waals surface area contributed by atoms with Crippen LogP contribution in [0.4, 0.5) is 22.0 Å². The number of ketones is 1. The highest BCUT2D eigenvalue weighted by Crippen LogP contribution is 2.59. The van der Waals surface area contributed by atoms with Gasteiger partial charge in [0.1, 0.15) is 5.78 Å². The van der Waals surface area contributed by atoms with Gasteiger partial charge in [-0.15, -0.1) is 0 Å². The Labute approximate surface area is 141 Å². The van der Waals surface area contributed by atoms with Gasteiger partial charge in [-0.25, -0.2) is 4.21 Å². The fourth-order valence-electron chi connectivity index (χ4n) is 4.65. The van der Waals surface area contributed by atoms with Crippen LogP contribution >= 0.6 is 0 Å². The number of rotatable bonds is 4. The van der Waals surface area contributed by atoms with Gasteiger partial charge in [0.25, 0.3) is 6.10 Å². The number of alkyl halides is 5. The quantitative estimate of drug-likeness (QED) is 0.454. The Bertz CT molecular complexity index is 616. The zero-order valence-corrected chi connectivity index (χ0v) is 13.5. The van der Waals surface area contributed by atoms with Gasteiger partial charge >= 0.3 is 17.4 Å². The zero-order chi connectivity index (χ0) is 18.8. The lowest BCUT2D eigenvalue weighted by molar-refractivity contribution is -0.264. The van der Waals surface area contributed by atoms with E-state index in [0.717, 1.165) is 0 Å². The van der Waals surface area contributed by atoms with E-state index in [1.165, 1.54) is 0 Å². The maximum Gasteiger partial charge on any atom is 0.432 e. The van der Waals surface area contributed by atoms with Gasteiger partial charge < -0.3 is 9.29 Å². The minimum absolute atomic E-state index is 0.0178. The first-order chi connectivity index (χ1) is 11.4. The van der Waals surface area contributed by atoms with Gasteiger partial charge in [0, 0.05) is 11.8 Å². The minimum atomic E-state index is -5.71. The van der Waals surface area contributed by atoms with Crippen molar-refractivity contribution in [1.29, 1.82) is 0 Å². The molecule has 0 saturated heterocycles. The molecule has 0 aromatic carbocycles. The van der Waals surface area contributed by atoms with Crippen LogP contribution in [0.25, 0.3) is 0 Å². The van der Waals surface area contributed by atoms with Crippen LogP contribution in [0.5, 0.6) is 0 Å². The highest BCUT2D eigenvalue weighted by Gasteiger charge is 2.65. The van der Waals surface area contributed by atoms with E-state index in [0.29, 0.717) is 12.8 Å². The molecule has 4 atom stereocenters. The number of hydrogen-bond acceptors (Lipinski definition) is 4. The van der Waals surface area contributed by atoms with E-state index in [1.807, 2.05) is 0 Å². The predicted octanol–water partition coefficient (Wildman–Crippen LogP) is 2.67. The summed E-state index contributed by atoms with van der Waals surface area (Å²) in [5, 5.41) is -5.19. The fourth-order valence-corrected chi connectivity index (χ4v) is 5.01. The molecule has 4 rings (SSSR count). The van der Waals surface area contributed by atoms with E-state index in [1.54, 1.807) is 0 Å². The predicted molar refractivity (Wildman–Crippen MR) is 72.6 cm³/mol. The van der Waals surface area contributed by atoms with Crippen molar-refractivity contribution in [2.24, 2.45) is 23.2 Å². The molecule has 4 bridgehead atoms. The average molecular weight is 390 g/mol. The van der Waals surface area contributed by atoms with Crippen molar-refractivity contribution in [3.8, 4) is 0 Å². The first-order valence-corrected chi connectivity index (χ1v) is 8.78. The summed E-state index contributed by atoms with van der Waals surface area (Å²) in [6.45, 7) is 0. The summed E-state index contributed by atoms with van der Waals surface area (Å²) in [5.74, 6) is -2.45. The maximum absolute atomic E-state index is 13.5. The van der Waals surface area contributed by atoms with Crippen LogP contribution in [-0.2, 0) is 25.4 Å². The zero-order valence-electron chi connectivity index (χ0n) is 12.7. The molecule has 4 aliphatic rings. The Hall–Kier alpha value is -1.10. The Kier molecular flexibility index (Phi) is 4.26. The summed E-state index contributed by atoms with van der Waals surface area (Å²) in [7, 11) is 0. The molecule has 0 amide bonds. The highest BCUT2D eigenvalue weighted by molar-refractivity contribution is 7.80. The van der Waals surface area contributed by atoms with E-state index in [2.05, 4.69) is 4.74 Å². The maximum atomic E-state index is 13.5. The second kappa shape index (κ2) is 5.70. The first kappa shape index (κ1) is 18.7. The number of hydrogen-bond donors (Lipinski definition) is 1. The molecule has 4 fully saturated rings. The molecule has 4 unspecified atom stereocenters. The van der Waals surface area contributed by atoms with Crippen molar-refractivity contribution in [3.05, 3.63) is 0 Å². The summed E-state index contributed by atoms with van der Waals surface area (Å²) in [4.78, 5) is 24.4. The number of Topliss-reactive ketones (excluding diaryl/α,β-unsaturated/α-hetero) is 1. The SMILES string of the molecule is O=C1C2CC3CC1CC(C(=O)OC(C(F)(F)F)C(F)(F)S(=O)O)(C3)C2. The van der Waals surface area contributed by atoms with Crippen LogP contribution in [0.15, 0.2) is 0 Å². The molecule has 11 heteroatoms. The molecule has 142 valence electrons. The van der Waals surface area contributed by atoms with Gasteiger partial charge in [-0.2, -0.15) is 22.0 Å². The van der Waals surface area contributed by atoms with Crippen molar-refractivity contribution in [2.75, 3.05) is 0 Å².